The lowest BCUT2D eigenvalue weighted by atomic mass is 9.82. The van der Waals surface area contributed by atoms with E-state index in [9.17, 15) is 75.3 Å². The van der Waals surface area contributed by atoms with E-state index in [-0.39, 0.29) is 50.2 Å². The molecule has 20 nitrogen and oxygen atoms in total. The molecule has 2 fully saturated rings. The first-order valence-electron chi connectivity index (χ1n) is 26.3. The lowest BCUT2D eigenvalue weighted by Crippen LogP contribution is -2.56. The van der Waals surface area contributed by atoms with E-state index in [1.807, 2.05) is 13.0 Å². The molecular formula is C57H81NO19. The minimum atomic E-state index is -2.32. The van der Waals surface area contributed by atoms with Crippen LogP contribution in [-0.4, -0.2) is 171 Å². The summed E-state index contributed by atoms with van der Waals surface area (Å²) in [6.45, 7) is 3.42. The van der Waals surface area contributed by atoms with E-state index in [0.29, 0.717) is 24.1 Å². The second kappa shape index (κ2) is 32.8. The Morgan fingerprint density at radius 1 is 0.688 bits per heavy atom. The Bertz CT molecular complexity index is 2210. The summed E-state index contributed by atoms with van der Waals surface area (Å²) in [7, 11) is 0. The third kappa shape index (κ3) is 23.8. The Kier molecular flexibility index (Phi) is 27.4. The number of ether oxygens (including phenoxy) is 4. The molecule has 4 rings (SSSR count). The number of hydrogen-bond donors (Lipinski definition) is 12. The van der Waals surface area contributed by atoms with Crippen molar-refractivity contribution < 1.29 is 94.3 Å². The van der Waals surface area contributed by atoms with Gasteiger partial charge in [0.2, 0.25) is 0 Å². The van der Waals surface area contributed by atoms with Crippen LogP contribution in [0.3, 0.4) is 0 Å². The van der Waals surface area contributed by atoms with Gasteiger partial charge < -0.3 is 80.9 Å². The predicted molar refractivity (Wildman–Crippen MR) is 282 cm³/mol. The fraction of sp³-hybridized carbons (Fsp3) is 0.579. The maximum atomic E-state index is 13.1. The SMILES string of the molecule is C[C@H]1/C=C/C=C/C=C\C=C/C=C/C=C/C=C/[C@H](O[C@@H]2O[C@H](C)[C@@H](O)C[C@@H]2O)C[C@@H]2O[C@](O)(C[C@@H](O)C[C@@H](O)C[C@@H](O)C[C@@H](O)CC(=O)C[C@@H](O)CC(=O)O[C@@H]1CCCC(O)CC(=O)c1ccc(N)cc1)C[C@H](O)[C@H]2C(=O)O. The highest BCUT2D eigenvalue weighted by Gasteiger charge is 2.50. The first-order chi connectivity index (χ1) is 36.5. The van der Waals surface area contributed by atoms with Crippen LogP contribution in [-0.2, 0) is 33.3 Å². The maximum Gasteiger partial charge on any atom is 0.311 e. The summed E-state index contributed by atoms with van der Waals surface area (Å²) in [6.07, 6.45) is 3.35. The zero-order valence-electron chi connectivity index (χ0n) is 43.8. The number of nitrogen functional groups attached to an aromatic ring is 1. The lowest BCUT2D eigenvalue weighted by molar-refractivity contribution is -0.307. The van der Waals surface area contributed by atoms with Crippen molar-refractivity contribution in [3.05, 3.63) is 115 Å². The van der Waals surface area contributed by atoms with Gasteiger partial charge in [0.15, 0.2) is 17.9 Å². The number of rotatable bonds is 10. The molecule has 0 saturated carbocycles. The summed E-state index contributed by atoms with van der Waals surface area (Å²) < 4.78 is 23.6. The Hall–Kier alpha value is -5.04. The molecule has 0 aromatic heterocycles. The molecule has 17 atom stereocenters. The molecule has 2 saturated heterocycles. The quantitative estimate of drug-likeness (QED) is 0.0910. The van der Waals surface area contributed by atoms with Crippen molar-refractivity contribution in [3.63, 3.8) is 0 Å². The highest BCUT2D eigenvalue weighted by Crippen LogP contribution is 2.38. The molecule has 0 amide bonds. The van der Waals surface area contributed by atoms with E-state index >= 15 is 0 Å². The molecule has 3 aliphatic rings. The van der Waals surface area contributed by atoms with Crippen molar-refractivity contribution in [2.45, 2.75) is 195 Å². The standard InChI is InChI=1S/C57H81NO19/c1-35-16-13-11-9-7-5-3-4-6-8-10-12-14-18-46(75-56-49(68)32-47(66)36(2)74-56)31-52-54(55(71)72)50(69)34-57(73,77-52)33-45(65)28-43(63)26-41(61)24-40(60)25-42(62)27-44(64)30-53(70)76-51(35)19-15-17-39(59)29-48(67)37-20-22-38(58)23-21-37/h3-14,16,18,20-23,35-36,39-41,43-47,49-52,54,56,59-61,63-66,68-69,73H,15,17,19,24-34,58H2,1-2H3,(H,71,72)/b4-3-,7-5-,8-6+,11-9+,12-10+,16-13+,18-14+/t35-,36+,39?,40+,41-,43-,44+,45-,46-,47-,49-,50-,51+,52-,54+,56-,57+/m0/s1. The van der Waals surface area contributed by atoms with Crippen molar-refractivity contribution in [2.75, 3.05) is 5.73 Å². The molecule has 0 radical (unpaired) electrons. The van der Waals surface area contributed by atoms with Gasteiger partial charge in [-0.15, -0.1) is 0 Å². The van der Waals surface area contributed by atoms with Crippen molar-refractivity contribution in [1.29, 1.82) is 0 Å². The summed E-state index contributed by atoms with van der Waals surface area (Å²) in [5.74, 6) is -7.35. The summed E-state index contributed by atoms with van der Waals surface area (Å²) in [5, 5.41) is 118. The van der Waals surface area contributed by atoms with E-state index in [1.165, 1.54) is 6.08 Å². The van der Waals surface area contributed by atoms with Crippen LogP contribution < -0.4 is 5.73 Å². The normalized spacial score (nSPS) is 37.7. The predicted octanol–water partition coefficient (Wildman–Crippen LogP) is 3.10. The number of ketones is 2. The van der Waals surface area contributed by atoms with Crippen molar-refractivity contribution in [3.8, 4) is 0 Å². The molecule has 0 aliphatic carbocycles. The van der Waals surface area contributed by atoms with Gasteiger partial charge >= 0.3 is 11.9 Å². The Morgan fingerprint density at radius 3 is 1.86 bits per heavy atom. The summed E-state index contributed by atoms with van der Waals surface area (Å²) in [6, 6.07) is 6.38. The number of anilines is 1. The van der Waals surface area contributed by atoms with Crippen LogP contribution in [0.25, 0.3) is 0 Å². The van der Waals surface area contributed by atoms with Crippen LogP contribution in [0.15, 0.2) is 109 Å². The number of cyclic esters (lactones) is 1. The third-order valence-electron chi connectivity index (χ3n) is 13.5. The zero-order chi connectivity index (χ0) is 56.7. The van der Waals surface area contributed by atoms with E-state index < -0.39 is 154 Å². The zero-order valence-corrected chi connectivity index (χ0v) is 43.8. The van der Waals surface area contributed by atoms with Crippen molar-refractivity contribution in [1.82, 2.24) is 0 Å². The van der Waals surface area contributed by atoms with Gasteiger partial charge in [-0.3, -0.25) is 19.2 Å². The van der Waals surface area contributed by atoms with E-state index in [4.69, 9.17) is 24.7 Å². The van der Waals surface area contributed by atoms with Crippen LogP contribution in [0.4, 0.5) is 5.69 Å². The number of nitrogens with two attached hydrogens (primary N) is 1. The van der Waals surface area contributed by atoms with Gasteiger partial charge in [0.25, 0.3) is 0 Å². The van der Waals surface area contributed by atoms with Gasteiger partial charge in [-0.2, -0.15) is 0 Å². The monoisotopic (exact) mass is 1080 g/mol. The second-order valence-electron chi connectivity index (χ2n) is 20.5. The highest BCUT2D eigenvalue weighted by molar-refractivity contribution is 5.96. The molecule has 428 valence electrons. The molecule has 1 aromatic carbocycles. The van der Waals surface area contributed by atoms with Crippen LogP contribution >= 0.6 is 0 Å². The summed E-state index contributed by atoms with van der Waals surface area (Å²) >= 11 is 0. The van der Waals surface area contributed by atoms with E-state index in [2.05, 4.69) is 0 Å². The second-order valence-corrected chi connectivity index (χ2v) is 20.5. The average Bonchev–Trinajstić information content (AvgIpc) is 3.31. The first-order valence-corrected chi connectivity index (χ1v) is 26.3. The van der Waals surface area contributed by atoms with E-state index in [1.54, 1.807) is 104 Å². The fourth-order valence-corrected chi connectivity index (χ4v) is 9.44. The molecule has 2 bridgehead atoms. The number of esters is 1. The number of carbonyl (C=O) groups is 4. The van der Waals surface area contributed by atoms with E-state index in [0.717, 1.165) is 0 Å². The molecule has 0 spiro atoms. The van der Waals surface area contributed by atoms with Gasteiger partial charge in [-0.05, 0) is 69.7 Å². The van der Waals surface area contributed by atoms with Crippen molar-refractivity contribution in [2.24, 2.45) is 11.8 Å². The number of aliphatic hydroxyl groups is 10. The van der Waals surface area contributed by atoms with Gasteiger partial charge in [-0.25, -0.2) is 0 Å². The molecule has 77 heavy (non-hydrogen) atoms. The molecular weight excluding hydrogens is 1000 g/mol. The van der Waals surface area contributed by atoms with Gasteiger partial charge in [0.1, 0.15) is 23.9 Å². The van der Waals surface area contributed by atoms with Crippen LogP contribution in [0, 0.1) is 11.8 Å². The Morgan fingerprint density at radius 2 is 1.25 bits per heavy atom. The lowest BCUT2D eigenvalue weighted by Gasteiger charge is -2.45. The highest BCUT2D eigenvalue weighted by atomic mass is 16.7. The van der Waals surface area contributed by atoms with Gasteiger partial charge in [0, 0.05) is 62.1 Å². The largest absolute Gasteiger partial charge is 0.481 e. The fourth-order valence-electron chi connectivity index (χ4n) is 9.44. The van der Waals surface area contributed by atoms with Gasteiger partial charge in [0.05, 0.1) is 73.6 Å². The topological polar surface area (TPSA) is 354 Å². The maximum absolute atomic E-state index is 13.1. The molecule has 13 N–H and O–H groups in total. The van der Waals surface area contributed by atoms with Crippen LogP contribution in [0.5, 0.6) is 0 Å². The Balaban J connectivity index is 1.51. The van der Waals surface area contributed by atoms with Crippen molar-refractivity contribution >= 4 is 29.2 Å². The molecule has 1 unspecified atom stereocenters. The number of aliphatic carboxylic acids is 1. The third-order valence-corrected chi connectivity index (χ3v) is 13.5. The number of hydrogen-bond acceptors (Lipinski definition) is 19. The van der Waals surface area contributed by atoms with Crippen LogP contribution in [0.2, 0.25) is 0 Å². The number of aliphatic hydroxyl groups excluding tert-OH is 9. The Labute approximate surface area is 449 Å². The number of allylic oxidation sites excluding steroid dienone is 12. The minimum Gasteiger partial charge on any atom is -0.481 e. The van der Waals surface area contributed by atoms with Crippen LogP contribution in [0.1, 0.15) is 114 Å². The average molecular weight is 1080 g/mol. The number of carboxylic acids is 1. The molecule has 20 heteroatoms. The smallest absolute Gasteiger partial charge is 0.311 e. The number of Topliss-reactive ketones (excluding diaryl/α,β-unsaturated/α-hetero) is 2. The number of carbonyl (C=O) groups excluding carboxylic acids is 3. The number of benzene rings is 1. The molecule has 1 aromatic rings. The summed E-state index contributed by atoms with van der Waals surface area (Å²) in [5.41, 5.74) is 6.64. The number of fused-ring (bicyclic) bond motifs is 2. The summed E-state index contributed by atoms with van der Waals surface area (Å²) in [4.78, 5) is 51.2. The van der Waals surface area contributed by atoms with Gasteiger partial charge in [-0.1, -0.05) is 92.0 Å². The minimum absolute atomic E-state index is 0.0696. The molecule has 3 heterocycles. The molecule has 3 aliphatic heterocycles. The first kappa shape index (κ1) is 64.5. The number of carboxylic acid groups (broad SMARTS) is 1.